The van der Waals surface area contributed by atoms with Gasteiger partial charge in [0.25, 0.3) is 7.52 Å². The number of anilines is 1. The average molecular weight is 339 g/mol. The Kier molecular flexibility index (Phi) is 5.51. The Bertz CT molecular complexity index is 569. The van der Waals surface area contributed by atoms with Crippen molar-refractivity contribution in [3.63, 3.8) is 0 Å². The van der Waals surface area contributed by atoms with Crippen molar-refractivity contribution in [1.82, 2.24) is 0 Å². The summed E-state index contributed by atoms with van der Waals surface area (Å²) in [4.78, 5) is 0. The predicted molar refractivity (Wildman–Crippen MR) is 102 cm³/mol. The van der Waals surface area contributed by atoms with Crippen LogP contribution in [0.4, 0.5) is 5.69 Å². The van der Waals surface area contributed by atoms with Gasteiger partial charge in [-0.05, 0) is 54.9 Å². The predicted octanol–water partition coefficient (Wildman–Crippen LogP) is 6.33. The van der Waals surface area contributed by atoms with Gasteiger partial charge in [-0.2, -0.15) is 0 Å². The molecule has 0 aliphatic carbocycles. The Morgan fingerprint density at radius 3 is 1.48 bits per heavy atom. The molecule has 4 heteroatoms. The summed E-state index contributed by atoms with van der Waals surface area (Å²) in [5, 5.41) is 2.73. The third-order valence-electron chi connectivity index (χ3n) is 4.08. The molecule has 0 heterocycles. The van der Waals surface area contributed by atoms with Gasteiger partial charge in [-0.1, -0.05) is 47.6 Å². The van der Waals surface area contributed by atoms with Gasteiger partial charge in [-0.15, -0.1) is 0 Å². The van der Waals surface area contributed by atoms with Crippen molar-refractivity contribution in [1.29, 1.82) is 0 Å². The number of benzene rings is 1. The van der Waals surface area contributed by atoms with Gasteiger partial charge in [0.15, 0.2) is 0 Å². The molecule has 0 fully saturated rings. The lowest BCUT2D eigenvalue weighted by atomic mass is 9.80. The number of hydrogen-bond donors (Lipinski definition) is 1. The fourth-order valence-electron chi connectivity index (χ4n) is 2.22. The fourth-order valence-corrected chi connectivity index (χ4v) is 3.66. The van der Waals surface area contributed by atoms with Crippen molar-refractivity contribution >= 4 is 13.2 Å². The van der Waals surface area contributed by atoms with E-state index in [2.05, 4.69) is 64.8 Å². The topological polar surface area (TPSA) is 38.3 Å². The summed E-state index contributed by atoms with van der Waals surface area (Å²) < 4.78 is 18.6. The standard InChI is InChI=1S/C19H34NO2P/c1-17(2,3)14-11-15(18(4,5)6)13-16(12-14)20-23(21,22-10)19(7,8)9/h11-13H,1-10H3,(H,20,21). The lowest BCUT2D eigenvalue weighted by molar-refractivity contribution is 0.375. The maximum atomic E-state index is 13.2. The van der Waals surface area contributed by atoms with Gasteiger partial charge >= 0.3 is 0 Å². The molecule has 0 saturated carbocycles. The van der Waals surface area contributed by atoms with E-state index in [-0.39, 0.29) is 10.8 Å². The highest BCUT2D eigenvalue weighted by Crippen LogP contribution is 2.57. The third-order valence-corrected chi connectivity index (χ3v) is 6.91. The largest absolute Gasteiger partial charge is 0.316 e. The van der Waals surface area contributed by atoms with Gasteiger partial charge < -0.3 is 9.61 Å². The van der Waals surface area contributed by atoms with Crippen molar-refractivity contribution in [2.45, 2.75) is 78.3 Å². The molecule has 0 spiro atoms. The summed E-state index contributed by atoms with van der Waals surface area (Å²) in [6, 6.07) is 6.43. The highest BCUT2D eigenvalue weighted by Gasteiger charge is 2.37. The SMILES string of the molecule is COP(=O)(Nc1cc(C(C)(C)C)cc(C(C)(C)C)c1)C(C)(C)C. The fraction of sp³-hybridized carbons (Fsp3) is 0.684. The second-order valence-corrected chi connectivity index (χ2v) is 12.3. The second-order valence-electron chi connectivity index (χ2n) is 9.32. The van der Waals surface area contributed by atoms with Crippen LogP contribution in [-0.4, -0.2) is 12.3 Å². The maximum Gasteiger partial charge on any atom is 0.298 e. The molecular weight excluding hydrogens is 305 g/mol. The van der Waals surface area contributed by atoms with Gasteiger partial charge in [0.05, 0.1) is 5.16 Å². The molecule has 0 aromatic heterocycles. The Labute approximate surface area is 142 Å². The molecule has 1 aromatic rings. The van der Waals surface area contributed by atoms with Crippen molar-refractivity contribution < 1.29 is 9.09 Å². The van der Waals surface area contributed by atoms with E-state index in [0.717, 1.165) is 5.69 Å². The molecule has 132 valence electrons. The monoisotopic (exact) mass is 339 g/mol. The molecule has 1 N–H and O–H groups in total. The molecule has 0 aliphatic rings. The average Bonchev–Trinajstić information content (AvgIpc) is 2.34. The van der Waals surface area contributed by atoms with Crippen LogP contribution in [0.3, 0.4) is 0 Å². The first-order valence-electron chi connectivity index (χ1n) is 8.20. The molecular formula is C19H34NO2P. The molecule has 23 heavy (non-hydrogen) atoms. The lowest BCUT2D eigenvalue weighted by Gasteiger charge is -2.32. The minimum absolute atomic E-state index is 0.0243. The van der Waals surface area contributed by atoms with Crippen LogP contribution in [0.25, 0.3) is 0 Å². The Balaban J connectivity index is 3.45. The van der Waals surface area contributed by atoms with E-state index in [4.69, 9.17) is 4.52 Å². The first-order valence-corrected chi connectivity index (χ1v) is 9.83. The van der Waals surface area contributed by atoms with Gasteiger partial charge in [0, 0.05) is 12.8 Å². The quantitative estimate of drug-likeness (QED) is 0.654. The molecule has 1 atom stereocenters. The summed E-state index contributed by atoms with van der Waals surface area (Å²) in [6.07, 6.45) is 0. The van der Waals surface area contributed by atoms with E-state index in [1.54, 1.807) is 0 Å². The van der Waals surface area contributed by atoms with Crippen LogP contribution in [0, 0.1) is 0 Å². The van der Waals surface area contributed by atoms with E-state index in [0.29, 0.717) is 0 Å². The van der Waals surface area contributed by atoms with Crippen molar-refractivity contribution in [3.05, 3.63) is 29.3 Å². The zero-order chi connectivity index (χ0) is 18.3. The van der Waals surface area contributed by atoms with Crippen LogP contribution in [0.15, 0.2) is 18.2 Å². The van der Waals surface area contributed by atoms with Crippen molar-refractivity contribution in [3.8, 4) is 0 Å². The number of rotatable bonds is 3. The minimum Gasteiger partial charge on any atom is -0.316 e. The zero-order valence-electron chi connectivity index (χ0n) is 16.5. The van der Waals surface area contributed by atoms with Gasteiger partial charge in [0.1, 0.15) is 0 Å². The lowest BCUT2D eigenvalue weighted by Crippen LogP contribution is -2.22. The summed E-state index contributed by atoms with van der Waals surface area (Å²) >= 11 is 0. The summed E-state index contributed by atoms with van der Waals surface area (Å²) in [6.45, 7) is 19.0. The van der Waals surface area contributed by atoms with Crippen LogP contribution in [0.2, 0.25) is 0 Å². The zero-order valence-corrected chi connectivity index (χ0v) is 17.4. The van der Waals surface area contributed by atoms with Gasteiger partial charge in [-0.3, -0.25) is 4.57 Å². The third kappa shape index (κ3) is 4.84. The number of nitrogens with one attached hydrogen (secondary N) is 1. The molecule has 1 aromatic carbocycles. The highest BCUT2D eigenvalue weighted by atomic mass is 31.2. The molecule has 1 rings (SSSR count). The highest BCUT2D eigenvalue weighted by molar-refractivity contribution is 7.62. The first kappa shape index (κ1) is 20.3. The van der Waals surface area contributed by atoms with Crippen LogP contribution < -0.4 is 5.09 Å². The van der Waals surface area contributed by atoms with E-state index >= 15 is 0 Å². The van der Waals surface area contributed by atoms with E-state index in [1.807, 2.05) is 20.8 Å². The smallest absolute Gasteiger partial charge is 0.298 e. The molecule has 0 bridgehead atoms. The van der Waals surface area contributed by atoms with E-state index < -0.39 is 12.7 Å². The molecule has 0 saturated heterocycles. The van der Waals surface area contributed by atoms with Crippen LogP contribution >= 0.6 is 7.52 Å². The van der Waals surface area contributed by atoms with Crippen molar-refractivity contribution in [2.24, 2.45) is 0 Å². The van der Waals surface area contributed by atoms with Crippen LogP contribution in [0.1, 0.15) is 73.4 Å². The Morgan fingerprint density at radius 2 is 1.22 bits per heavy atom. The maximum absolute atomic E-state index is 13.2. The van der Waals surface area contributed by atoms with Crippen LogP contribution in [-0.2, 0) is 19.9 Å². The molecule has 3 nitrogen and oxygen atoms in total. The second kappa shape index (κ2) is 6.26. The van der Waals surface area contributed by atoms with Crippen molar-refractivity contribution in [2.75, 3.05) is 12.2 Å². The summed E-state index contributed by atoms with van der Waals surface area (Å²) in [7, 11) is -1.49. The summed E-state index contributed by atoms with van der Waals surface area (Å²) in [5.41, 5.74) is 3.36. The minimum atomic E-state index is -3.00. The Morgan fingerprint density at radius 1 is 0.826 bits per heavy atom. The van der Waals surface area contributed by atoms with Gasteiger partial charge in [-0.25, -0.2) is 0 Å². The molecule has 1 unspecified atom stereocenters. The first-order chi connectivity index (χ1) is 10.1. The van der Waals surface area contributed by atoms with E-state index in [9.17, 15) is 4.57 Å². The molecule has 0 amide bonds. The summed E-state index contributed by atoms with van der Waals surface area (Å²) in [5.74, 6) is 0. The van der Waals surface area contributed by atoms with Gasteiger partial charge in [0.2, 0.25) is 0 Å². The number of hydrogen-bond acceptors (Lipinski definition) is 2. The van der Waals surface area contributed by atoms with Crippen LogP contribution in [0.5, 0.6) is 0 Å². The normalized spacial score (nSPS) is 16.1. The molecule has 0 radical (unpaired) electrons. The molecule has 0 aliphatic heterocycles. The van der Waals surface area contributed by atoms with E-state index in [1.165, 1.54) is 18.2 Å². The Hall–Kier alpha value is -0.790.